The number of aromatic nitrogens is 3. The molecule has 1 saturated carbocycles. The van der Waals surface area contributed by atoms with Gasteiger partial charge in [0, 0.05) is 30.3 Å². The first-order chi connectivity index (χ1) is 13.1. The van der Waals surface area contributed by atoms with Gasteiger partial charge in [0.1, 0.15) is 6.23 Å². The highest BCUT2D eigenvalue weighted by Crippen LogP contribution is 2.32. The van der Waals surface area contributed by atoms with Gasteiger partial charge in [0.15, 0.2) is 5.65 Å². The van der Waals surface area contributed by atoms with Crippen molar-refractivity contribution in [3.05, 3.63) is 54.3 Å². The Morgan fingerprint density at radius 2 is 2.26 bits per heavy atom. The summed E-state index contributed by atoms with van der Waals surface area (Å²) in [5, 5.41) is 20.1. The lowest BCUT2D eigenvalue weighted by atomic mass is 10.1. The van der Waals surface area contributed by atoms with Crippen molar-refractivity contribution < 1.29 is 9.90 Å². The van der Waals surface area contributed by atoms with E-state index in [4.69, 9.17) is 0 Å². The normalized spacial score (nSPS) is 16.3. The molecule has 0 aromatic carbocycles. The first-order valence-electron chi connectivity index (χ1n) is 9.13. The van der Waals surface area contributed by atoms with Gasteiger partial charge in [-0.15, -0.1) is 5.10 Å². The molecule has 1 fully saturated rings. The number of aliphatic hydroxyl groups excluding tert-OH is 1. The molecule has 7 nitrogen and oxygen atoms in total. The summed E-state index contributed by atoms with van der Waals surface area (Å²) in [5.41, 5.74) is 3.01. The van der Waals surface area contributed by atoms with Gasteiger partial charge in [-0.1, -0.05) is 31.7 Å². The zero-order valence-corrected chi connectivity index (χ0v) is 15.6. The van der Waals surface area contributed by atoms with Crippen molar-refractivity contribution in [2.24, 2.45) is 5.92 Å². The lowest BCUT2D eigenvalue weighted by Crippen LogP contribution is -2.21. The third-order valence-corrected chi connectivity index (χ3v) is 4.60. The molecule has 27 heavy (non-hydrogen) atoms. The highest BCUT2D eigenvalue weighted by molar-refractivity contribution is 5.94. The maximum atomic E-state index is 11.9. The largest absolute Gasteiger partial charge is 0.373 e. The molecule has 1 unspecified atom stereocenters. The highest BCUT2D eigenvalue weighted by Gasteiger charge is 2.30. The van der Waals surface area contributed by atoms with Gasteiger partial charge in [-0.05, 0) is 37.0 Å². The van der Waals surface area contributed by atoms with Gasteiger partial charge in [0.05, 0.1) is 0 Å². The number of likely N-dealkylation sites (N-methyl/N-ethyl adjacent to an activating group) is 1. The summed E-state index contributed by atoms with van der Waals surface area (Å²) in [6, 6.07) is 3.80. The van der Waals surface area contributed by atoms with E-state index < -0.39 is 6.23 Å². The van der Waals surface area contributed by atoms with Gasteiger partial charge in [-0.2, -0.15) is 4.98 Å². The van der Waals surface area contributed by atoms with Crippen LogP contribution in [0.5, 0.6) is 0 Å². The highest BCUT2D eigenvalue weighted by atomic mass is 16.3. The Morgan fingerprint density at radius 1 is 1.48 bits per heavy atom. The first kappa shape index (κ1) is 18.8. The molecule has 142 valence electrons. The standard InChI is InChI=1S/C20H25N5O2/c1-4-13(8-9-14(5-2)18(26)21-3)16-7-6-12-25-17(16)22-20(24-25)23-19(27)15-10-11-15/h4,6-9,12,15,19,27H,1,5,10-11H2,2-3H3,(H,21,26)(H,23,24). The summed E-state index contributed by atoms with van der Waals surface area (Å²) in [7, 11) is 1.62. The molecular formula is C20H25N5O2. The van der Waals surface area contributed by atoms with Crippen LogP contribution in [0.25, 0.3) is 11.2 Å². The lowest BCUT2D eigenvalue weighted by molar-refractivity contribution is -0.117. The maximum Gasteiger partial charge on any atom is 0.246 e. The van der Waals surface area contributed by atoms with E-state index >= 15 is 0 Å². The van der Waals surface area contributed by atoms with Gasteiger partial charge in [-0.25, -0.2) is 4.52 Å². The fraction of sp³-hybridized carbons (Fsp3) is 0.350. The molecule has 0 saturated heterocycles. The van der Waals surface area contributed by atoms with Crippen molar-refractivity contribution in [1.29, 1.82) is 0 Å². The number of aliphatic hydroxyl groups is 1. The monoisotopic (exact) mass is 367 g/mol. The molecule has 0 radical (unpaired) electrons. The Balaban J connectivity index is 1.94. The molecular weight excluding hydrogens is 342 g/mol. The van der Waals surface area contributed by atoms with E-state index in [0.29, 0.717) is 23.6 Å². The third-order valence-electron chi connectivity index (χ3n) is 4.60. The Kier molecular flexibility index (Phi) is 5.71. The molecule has 0 aliphatic heterocycles. The molecule has 1 atom stereocenters. The van der Waals surface area contributed by atoms with Gasteiger partial charge in [0.2, 0.25) is 11.9 Å². The lowest BCUT2D eigenvalue weighted by Gasteiger charge is -2.08. The Bertz CT molecular complexity index is 908. The van der Waals surface area contributed by atoms with Gasteiger partial charge in [-0.3, -0.25) is 4.79 Å². The van der Waals surface area contributed by atoms with Crippen molar-refractivity contribution in [2.75, 3.05) is 12.4 Å². The number of rotatable bonds is 8. The van der Waals surface area contributed by atoms with Crippen molar-refractivity contribution >= 4 is 23.1 Å². The van der Waals surface area contributed by atoms with Gasteiger partial charge < -0.3 is 15.7 Å². The summed E-state index contributed by atoms with van der Waals surface area (Å²) in [4.78, 5) is 16.4. The zero-order chi connectivity index (χ0) is 19.4. The zero-order valence-electron chi connectivity index (χ0n) is 15.6. The van der Waals surface area contributed by atoms with Crippen LogP contribution in [-0.4, -0.2) is 38.9 Å². The van der Waals surface area contributed by atoms with Crippen molar-refractivity contribution in [3.63, 3.8) is 0 Å². The average Bonchev–Trinajstić information content (AvgIpc) is 3.45. The van der Waals surface area contributed by atoms with Crippen molar-refractivity contribution in [2.45, 2.75) is 32.4 Å². The summed E-state index contributed by atoms with van der Waals surface area (Å²) in [6.07, 6.45) is 9.23. The number of fused-ring (bicyclic) bond motifs is 1. The quantitative estimate of drug-likeness (QED) is 0.379. The Labute approximate surface area is 158 Å². The van der Waals surface area contributed by atoms with Crippen LogP contribution < -0.4 is 10.6 Å². The second-order valence-electron chi connectivity index (χ2n) is 6.50. The maximum absolute atomic E-state index is 11.9. The molecule has 3 rings (SSSR count). The smallest absolute Gasteiger partial charge is 0.246 e. The molecule has 0 bridgehead atoms. The predicted molar refractivity (Wildman–Crippen MR) is 106 cm³/mol. The summed E-state index contributed by atoms with van der Waals surface area (Å²) in [5.74, 6) is 0.570. The summed E-state index contributed by atoms with van der Waals surface area (Å²) in [6.45, 7) is 5.82. The number of allylic oxidation sites excluding steroid dienone is 4. The van der Waals surface area contributed by atoms with Crippen LogP contribution >= 0.6 is 0 Å². The van der Waals surface area contributed by atoms with E-state index in [1.807, 2.05) is 25.1 Å². The fourth-order valence-electron chi connectivity index (χ4n) is 2.83. The number of nitrogens with one attached hydrogen (secondary N) is 2. The number of carbonyl (C=O) groups excluding carboxylic acids is 1. The Morgan fingerprint density at radius 3 is 2.89 bits per heavy atom. The molecule has 7 heteroatoms. The van der Waals surface area contributed by atoms with E-state index in [9.17, 15) is 9.90 Å². The van der Waals surface area contributed by atoms with Crippen LogP contribution in [0.15, 0.2) is 48.7 Å². The van der Waals surface area contributed by atoms with Gasteiger partial charge >= 0.3 is 0 Å². The molecule has 3 N–H and O–H groups in total. The second kappa shape index (κ2) is 8.18. The first-order valence-corrected chi connectivity index (χ1v) is 9.13. The molecule has 0 spiro atoms. The minimum absolute atomic E-state index is 0.0987. The number of anilines is 1. The van der Waals surface area contributed by atoms with E-state index in [1.165, 1.54) is 0 Å². The van der Waals surface area contributed by atoms with Gasteiger partial charge in [0.25, 0.3) is 0 Å². The van der Waals surface area contributed by atoms with Crippen LogP contribution in [0.2, 0.25) is 0 Å². The van der Waals surface area contributed by atoms with Crippen LogP contribution in [0.1, 0.15) is 31.7 Å². The van der Waals surface area contributed by atoms with Crippen LogP contribution in [0.4, 0.5) is 5.95 Å². The summed E-state index contributed by atoms with van der Waals surface area (Å²) < 4.78 is 1.66. The number of pyridine rings is 1. The average molecular weight is 367 g/mol. The molecule has 1 aliphatic carbocycles. The minimum atomic E-state index is -0.622. The van der Waals surface area contributed by atoms with Crippen molar-refractivity contribution in [3.8, 4) is 0 Å². The van der Waals surface area contributed by atoms with E-state index in [-0.39, 0.29) is 11.8 Å². The molecule has 2 aromatic rings. The van der Waals surface area contributed by atoms with E-state index in [2.05, 4.69) is 27.3 Å². The van der Waals surface area contributed by atoms with Crippen LogP contribution in [0.3, 0.4) is 0 Å². The molecule has 2 heterocycles. The Hall–Kier alpha value is -2.93. The molecule has 2 aromatic heterocycles. The molecule has 1 aliphatic rings. The SMILES string of the molecule is C=CC(=CC=C(CC)C(=O)NC)c1cccn2nc(NC(O)C3CC3)nc12. The minimum Gasteiger partial charge on any atom is -0.373 e. The van der Waals surface area contributed by atoms with Crippen LogP contribution in [0, 0.1) is 5.92 Å². The number of carbonyl (C=O) groups is 1. The van der Waals surface area contributed by atoms with E-state index in [0.717, 1.165) is 24.0 Å². The number of hydrogen-bond donors (Lipinski definition) is 3. The number of hydrogen-bond acceptors (Lipinski definition) is 5. The third kappa shape index (κ3) is 4.25. The summed E-state index contributed by atoms with van der Waals surface area (Å²) >= 11 is 0. The predicted octanol–water partition coefficient (Wildman–Crippen LogP) is 2.52. The van der Waals surface area contributed by atoms with Crippen LogP contribution in [-0.2, 0) is 4.79 Å². The second-order valence-corrected chi connectivity index (χ2v) is 6.50. The number of nitrogens with zero attached hydrogens (tertiary/aromatic N) is 3. The van der Waals surface area contributed by atoms with Crippen molar-refractivity contribution in [1.82, 2.24) is 19.9 Å². The molecule has 1 amide bonds. The van der Waals surface area contributed by atoms with E-state index in [1.54, 1.807) is 29.9 Å². The topological polar surface area (TPSA) is 91.6 Å². The fourth-order valence-corrected chi connectivity index (χ4v) is 2.83. The number of amides is 1.